The SMILES string of the molecule is CCCC1=C(C(=O)OCC)[C@@H](c2cc(OC)ccc2OC)n2c(s/c(=C\c3ccc(OC(C)=O)c(OCC)c3)c2=O)=N1. The van der Waals surface area contributed by atoms with Crippen molar-refractivity contribution in [3.8, 4) is 23.0 Å². The van der Waals surface area contributed by atoms with Crippen LogP contribution in [0, 0.1) is 0 Å². The zero-order chi connectivity index (χ0) is 30.4. The molecule has 10 nitrogen and oxygen atoms in total. The topological polar surface area (TPSA) is 115 Å². The third-order valence-corrected chi connectivity index (χ3v) is 7.43. The van der Waals surface area contributed by atoms with E-state index in [1.807, 2.05) is 13.8 Å². The molecule has 1 aliphatic heterocycles. The molecule has 42 heavy (non-hydrogen) atoms. The Balaban J connectivity index is 1.99. The van der Waals surface area contributed by atoms with Crippen molar-refractivity contribution >= 4 is 29.4 Å². The van der Waals surface area contributed by atoms with Crippen LogP contribution in [0.15, 0.2) is 57.5 Å². The number of carbonyl (C=O) groups excluding carboxylic acids is 2. The highest BCUT2D eigenvalue weighted by atomic mass is 32.1. The molecule has 222 valence electrons. The van der Waals surface area contributed by atoms with Gasteiger partial charge in [-0.1, -0.05) is 30.7 Å². The molecule has 1 atom stereocenters. The Morgan fingerprint density at radius 1 is 1.00 bits per heavy atom. The third-order valence-electron chi connectivity index (χ3n) is 6.44. The zero-order valence-electron chi connectivity index (χ0n) is 24.5. The first-order valence-corrected chi connectivity index (χ1v) is 14.5. The molecular weight excluding hydrogens is 560 g/mol. The zero-order valence-corrected chi connectivity index (χ0v) is 25.3. The molecule has 4 rings (SSSR count). The quantitative estimate of drug-likeness (QED) is 0.243. The van der Waals surface area contributed by atoms with Gasteiger partial charge < -0.3 is 23.7 Å². The van der Waals surface area contributed by atoms with Gasteiger partial charge in [0.25, 0.3) is 5.56 Å². The summed E-state index contributed by atoms with van der Waals surface area (Å²) in [5.74, 6) is 0.680. The number of hydrogen-bond donors (Lipinski definition) is 0. The minimum atomic E-state index is -0.862. The Morgan fingerprint density at radius 2 is 1.76 bits per heavy atom. The van der Waals surface area contributed by atoms with Crippen molar-refractivity contribution in [3.05, 3.63) is 78.5 Å². The van der Waals surface area contributed by atoms with E-state index >= 15 is 0 Å². The Hall–Kier alpha value is -4.38. The fourth-order valence-corrected chi connectivity index (χ4v) is 5.76. The highest BCUT2D eigenvalue weighted by Crippen LogP contribution is 2.38. The van der Waals surface area contributed by atoms with Crippen LogP contribution < -0.4 is 33.8 Å². The summed E-state index contributed by atoms with van der Waals surface area (Å²) >= 11 is 1.21. The Morgan fingerprint density at radius 3 is 2.40 bits per heavy atom. The Labute approximate surface area is 247 Å². The largest absolute Gasteiger partial charge is 0.497 e. The number of ether oxygens (including phenoxy) is 5. The maximum absolute atomic E-state index is 14.1. The lowest BCUT2D eigenvalue weighted by atomic mass is 9.93. The van der Waals surface area contributed by atoms with Crippen LogP contribution in [0.3, 0.4) is 0 Å². The third kappa shape index (κ3) is 6.25. The summed E-state index contributed by atoms with van der Waals surface area (Å²) in [6, 6.07) is 9.45. The number of allylic oxidation sites excluding steroid dienone is 1. The number of thiazole rings is 1. The lowest BCUT2D eigenvalue weighted by Crippen LogP contribution is -2.40. The van der Waals surface area contributed by atoms with Gasteiger partial charge in [-0.2, -0.15) is 0 Å². The minimum absolute atomic E-state index is 0.166. The highest BCUT2D eigenvalue weighted by Gasteiger charge is 2.36. The van der Waals surface area contributed by atoms with Gasteiger partial charge in [-0.3, -0.25) is 14.2 Å². The van der Waals surface area contributed by atoms with E-state index in [-0.39, 0.29) is 23.5 Å². The maximum atomic E-state index is 14.1. The second-order valence-corrected chi connectivity index (χ2v) is 10.3. The standard InChI is InChI=1S/C31H34N2O8S/c1-7-10-22-27(30(36)40-9-3)28(21-17-20(37-5)12-14-23(21)38-6)33-29(35)26(42-31(33)32-22)16-19-11-13-24(41-18(4)34)25(15-19)39-8-2/h11-17,28H,7-10H2,1-6H3/b26-16-/t28-/m1/s1. The van der Waals surface area contributed by atoms with Gasteiger partial charge in [0.1, 0.15) is 17.5 Å². The summed E-state index contributed by atoms with van der Waals surface area (Å²) < 4.78 is 29.5. The van der Waals surface area contributed by atoms with Gasteiger partial charge in [0.2, 0.25) is 0 Å². The molecule has 11 heteroatoms. The first kappa shape index (κ1) is 30.6. The number of benzene rings is 2. The first-order valence-electron chi connectivity index (χ1n) is 13.6. The molecule has 3 aromatic rings. The molecule has 1 aliphatic rings. The van der Waals surface area contributed by atoms with Gasteiger partial charge in [0, 0.05) is 12.5 Å². The average Bonchev–Trinajstić information content (AvgIpc) is 3.27. The van der Waals surface area contributed by atoms with Crippen LogP contribution in [0.2, 0.25) is 0 Å². The molecule has 0 radical (unpaired) electrons. The van der Waals surface area contributed by atoms with Crippen molar-refractivity contribution in [2.24, 2.45) is 4.99 Å². The van der Waals surface area contributed by atoms with Crippen molar-refractivity contribution in [1.29, 1.82) is 0 Å². The van der Waals surface area contributed by atoms with Crippen LogP contribution in [0.1, 0.15) is 57.7 Å². The molecule has 2 aromatic carbocycles. The van der Waals surface area contributed by atoms with Crippen LogP contribution in [0.25, 0.3) is 6.08 Å². The molecule has 2 heterocycles. The molecule has 1 aromatic heterocycles. The maximum Gasteiger partial charge on any atom is 0.338 e. The molecule has 0 unspecified atom stereocenters. The fourth-order valence-electron chi connectivity index (χ4n) is 4.74. The van der Waals surface area contributed by atoms with Crippen molar-refractivity contribution in [2.45, 2.75) is 46.6 Å². The van der Waals surface area contributed by atoms with E-state index in [0.717, 1.165) is 6.42 Å². The van der Waals surface area contributed by atoms with Gasteiger partial charge >= 0.3 is 11.9 Å². The van der Waals surface area contributed by atoms with E-state index in [1.165, 1.54) is 29.9 Å². The number of esters is 2. The molecule has 0 saturated heterocycles. The monoisotopic (exact) mass is 594 g/mol. The van der Waals surface area contributed by atoms with Crippen molar-refractivity contribution in [2.75, 3.05) is 27.4 Å². The minimum Gasteiger partial charge on any atom is -0.497 e. The van der Waals surface area contributed by atoms with Crippen LogP contribution in [-0.2, 0) is 14.3 Å². The molecule has 0 bridgehead atoms. The highest BCUT2D eigenvalue weighted by molar-refractivity contribution is 7.07. The lowest BCUT2D eigenvalue weighted by molar-refractivity contribution is -0.139. The van der Waals surface area contributed by atoms with Crippen molar-refractivity contribution in [3.63, 3.8) is 0 Å². The number of carbonyl (C=O) groups is 2. The molecule has 0 amide bonds. The normalized spacial score (nSPS) is 14.6. The molecule has 0 aliphatic carbocycles. The second kappa shape index (κ2) is 13.5. The number of fused-ring (bicyclic) bond motifs is 1. The Kier molecular flexibility index (Phi) is 9.84. The predicted octanol–water partition coefficient (Wildman–Crippen LogP) is 3.92. The summed E-state index contributed by atoms with van der Waals surface area (Å²) in [7, 11) is 3.08. The van der Waals surface area contributed by atoms with Crippen molar-refractivity contribution in [1.82, 2.24) is 4.57 Å². The van der Waals surface area contributed by atoms with Crippen LogP contribution in [-0.4, -0.2) is 43.9 Å². The molecule has 0 N–H and O–H groups in total. The number of aromatic nitrogens is 1. The lowest BCUT2D eigenvalue weighted by Gasteiger charge is -2.27. The molecule has 0 fully saturated rings. The number of hydrogen-bond acceptors (Lipinski definition) is 10. The van der Waals surface area contributed by atoms with Crippen LogP contribution in [0.5, 0.6) is 23.0 Å². The van der Waals surface area contributed by atoms with Gasteiger partial charge in [-0.15, -0.1) is 0 Å². The summed E-state index contributed by atoms with van der Waals surface area (Å²) in [6.07, 6.45) is 2.96. The predicted molar refractivity (Wildman–Crippen MR) is 158 cm³/mol. The molecule has 0 saturated carbocycles. The fraction of sp³-hybridized carbons (Fsp3) is 0.355. The summed E-state index contributed by atoms with van der Waals surface area (Å²) in [5, 5.41) is 0. The number of nitrogens with zero attached hydrogens (tertiary/aromatic N) is 2. The van der Waals surface area contributed by atoms with Crippen LogP contribution in [0.4, 0.5) is 0 Å². The van der Waals surface area contributed by atoms with E-state index in [9.17, 15) is 14.4 Å². The van der Waals surface area contributed by atoms with E-state index in [4.69, 9.17) is 28.7 Å². The van der Waals surface area contributed by atoms with E-state index < -0.39 is 18.0 Å². The van der Waals surface area contributed by atoms with E-state index in [0.29, 0.717) is 56.4 Å². The van der Waals surface area contributed by atoms with Gasteiger partial charge in [-0.05, 0) is 62.2 Å². The molecule has 0 spiro atoms. The second-order valence-electron chi connectivity index (χ2n) is 9.25. The number of methoxy groups -OCH3 is 2. The van der Waals surface area contributed by atoms with E-state index in [1.54, 1.807) is 56.5 Å². The van der Waals surface area contributed by atoms with E-state index in [2.05, 4.69) is 0 Å². The summed E-state index contributed by atoms with van der Waals surface area (Å²) in [5.41, 5.74) is 1.73. The average molecular weight is 595 g/mol. The van der Waals surface area contributed by atoms with Crippen molar-refractivity contribution < 1.29 is 33.3 Å². The van der Waals surface area contributed by atoms with Gasteiger partial charge in [0.05, 0.1) is 43.2 Å². The smallest absolute Gasteiger partial charge is 0.338 e. The van der Waals surface area contributed by atoms with Gasteiger partial charge in [-0.25, -0.2) is 9.79 Å². The summed E-state index contributed by atoms with van der Waals surface area (Å²) in [4.78, 5) is 44.3. The van der Waals surface area contributed by atoms with Crippen LogP contribution >= 0.6 is 11.3 Å². The number of rotatable bonds is 11. The molecular formula is C31H34N2O8S. The summed E-state index contributed by atoms with van der Waals surface area (Å²) in [6.45, 7) is 7.40. The first-order chi connectivity index (χ1) is 20.3. The van der Waals surface area contributed by atoms with Gasteiger partial charge in [0.15, 0.2) is 16.3 Å². The Bertz CT molecular complexity index is 1700.